The molecule has 0 aromatic heterocycles. The number of hydrogen-bond donors (Lipinski definition) is 0. The van der Waals surface area contributed by atoms with Crippen molar-refractivity contribution in [1.29, 1.82) is 0 Å². The van der Waals surface area contributed by atoms with Crippen molar-refractivity contribution in [3.8, 4) is 0 Å². The van der Waals surface area contributed by atoms with Gasteiger partial charge < -0.3 is 4.74 Å². The minimum Gasteiger partial charge on any atom is -0.457 e. The number of hydrogen-bond acceptors (Lipinski definition) is 5. The van der Waals surface area contributed by atoms with Gasteiger partial charge in [-0.3, -0.25) is 9.59 Å². The molecule has 0 radical (unpaired) electrons. The van der Waals surface area contributed by atoms with Crippen molar-refractivity contribution in [1.82, 2.24) is 0 Å². The maximum atomic E-state index is 12.3. The van der Waals surface area contributed by atoms with E-state index in [-0.39, 0.29) is 22.9 Å². The number of aryl methyl sites for hydroxylation is 2. The van der Waals surface area contributed by atoms with Gasteiger partial charge in [0, 0.05) is 5.56 Å². The van der Waals surface area contributed by atoms with Gasteiger partial charge in [-0.1, -0.05) is 36.4 Å². The van der Waals surface area contributed by atoms with Crippen LogP contribution in [0.25, 0.3) is 0 Å². The largest absolute Gasteiger partial charge is 0.457 e. The highest BCUT2D eigenvalue weighted by Crippen LogP contribution is 2.17. The lowest BCUT2D eigenvalue weighted by molar-refractivity contribution is -0.142. The van der Waals surface area contributed by atoms with Crippen molar-refractivity contribution in [2.45, 2.75) is 25.2 Å². The van der Waals surface area contributed by atoms with Crippen LogP contribution in [0.2, 0.25) is 0 Å². The van der Waals surface area contributed by atoms with Gasteiger partial charge in [0.15, 0.2) is 22.2 Å². The molecular weight excluding hydrogens is 340 g/mol. The lowest BCUT2D eigenvalue weighted by Gasteiger charge is -2.07. The lowest BCUT2D eigenvalue weighted by atomic mass is 10.1. The third kappa shape index (κ3) is 5.26. The first kappa shape index (κ1) is 18.9. The topological polar surface area (TPSA) is 77.5 Å². The molecule has 0 amide bonds. The molecule has 2 rings (SSSR count). The summed E-state index contributed by atoms with van der Waals surface area (Å²) in [5, 5.41) is 0. The van der Waals surface area contributed by atoms with Gasteiger partial charge in [0.25, 0.3) is 0 Å². The van der Waals surface area contributed by atoms with E-state index in [1.807, 2.05) is 13.8 Å². The average molecular weight is 360 g/mol. The molecule has 0 heterocycles. The summed E-state index contributed by atoms with van der Waals surface area (Å²) in [6.07, 6.45) is -0.294. The van der Waals surface area contributed by atoms with Gasteiger partial charge in [-0.05, 0) is 37.1 Å². The van der Waals surface area contributed by atoms with Crippen LogP contribution in [-0.4, -0.2) is 32.5 Å². The highest BCUT2D eigenvalue weighted by molar-refractivity contribution is 7.91. The first-order valence-corrected chi connectivity index (χ1v) is 9.49. The third-order valence-corrected chi connectivity index (χ3v) is 5.59. The number of ketones is 1. The van der Waals surface area contributed by atoms with Gasteiger partial charge in [0.2, 0.25) is 0 Å². The van der Waals surface area contributed by atoms with E-state index in [1.54, 1.807) is 42.5 Å². The van der Waals surface area contributed by atoms with Gasteiger partial charge in [-0.25, -0.2) is 8.42 Å². The van der Waals surface area contributed by atoms with E-state index in [1.165, 1.54) is 6.07 Å². The van der Waals surface area contributed by atoms with E-state index >= 15 is 0 Å². The Morgan fingerprint density at radius 1 is 0.960 bits per heavy atom. The van der Waals surface area contributed by atoms with Crippen LogP contribution >= 0.6 is 0 Å². The van der Waals surface area contributed by atoms with Crippen molar-refractivity contribution in [2.75, 3.05) is 12.4 Å². The Kier molecular flexibility index (Phi) is 6.09. The zero-order chi connectivity index (χ0) is 18.4. The van der Waals surface area contributed by atoms with Crippen LogP contribution in [0.5, 0.6) is 0 Å². The SMILES string of the molecule is Cc1ccc(S(=O)(=O)CCC(=O)OCC(=O)c2ccccc2)cc1C. The summed E-state index contributed by atoms with van der Waals surface area (Å²) in [6, 6.07) is 13.3. The Labute approximate surface area is 147 Å². The molecule has 0 N–H and O–H groups in total. The van der Waals surface area contributed by atoms with Gasteiger partial charge in [-0.15, -0.1) is 0 Å². The van der Waals surface area contributed by atoms with Gasteiger partial charge in [0.05, 0.1) is 17.1 Å². The second-order valence-corrected chi connectivity index (χ2v) is 7.87. The first-order chi connectivity index (χ1) is 11.8. The highest BCUT2D eigenvalue weighted by Gasteiger charge is 2.18. The van der Waals surface area contributed by atoms with E-state index < -0.39 is 22.4 Å². The number of benzene rings is 2. The Hall–Kier alpha value is -2.47. The molecule has 132 valence electrons. The fourth-order valence-electron chi connectivity index (χ4n) is 2.17. The molecule has 5 nitrogen and oxygen atoms in total. The Morgan fingerprint density at radius 3 is 2.28 bits per heavy atom. The highest BCUT2D eigenvalue weighted by atomic mass is 32.2. The summed E-state index contributed by atoms with van der Waals surface area (Å²) < 4.78 is 29.4. The molecule has 0 aliphatic carbocycles. The van der Waals surface area contributed by atoms with E-state index in [9.17, 15) is 18.0 Å². The summed E-state index contributed by atoms with van der Waals surface area (Å²) >= 11 is 0. The molecule has 0 aliphatic rings. The maximum absolute atomic E-state index is 12.3. The van der Waals surface area contributed by atoms with Crippen LogP contribution in [0.4, 0.5) is 0 Å². The minimum atomic E-state index is -3.57. The smallest absolute Gasteiger partial charge is 0.307 e. The molecule has 0 unspecified atom stereocenters. The van der Waals surface area contributed by atoms with E-state index in [4.69, 9.17) is 4.74 Å². The monoisotopic (exact) mass is 360 g/mol. The molecule has 0 saturated carbocycles. The van der Waals surface area contributed by atoms with Crippen LogP contribution in [0.15, 0.2) is 53.4 Å². The van der Waals surface area contributed by atoms with E-state index in [2.05, 4.69) is 0 Å². The summed E-state index contributed by atoms with van der Waals surface area (Å²) in [5.41, 5.74) is 2.31. The quantitative estimate of drug-likeness (QED) is 0.560. The first-order valence-electron chi connectivity index (χ1n) is 7.83. The Balaban J connectivity index is 1.88. The molecule has 6 heteroatoms. The second kappa shape index (κ2) is 8.07. The minimum absolute atomic E-state index is 0.184. The summed E-state index contributed by atoms with van der Waals surface area (Å²) in [5.74, 6) is -1.39. The molecule has 0 bridgehead atoms. The number of ether oxygens (including phenoxy) is 1. The zero-order valence-electron chi connectivity index (χ0n) is 14.2. The van der Waals surface area contributed by atoms with E-state index in [0.29, 0.717) is 5.56 Å². The average Bonchev–Trinajstić information content (AvgIpc) is 2.61. The molecule has 0 aliphatic heterocycles. The Bertz CT molecular complexity index is 870. The van der Waals surface area contributed by atoms with Crippen molar-refractivity contribution in [3.63, 3.8) is 0 Å². The standard InChI is InChI=1S/C19H20O5S/c1-14-8-9-17(12-15(14)2)25(22,23)11-10-19(21)24-13-18(20)16-6-4-3-5-7-16/h3-9,12H,10-11,13H2,1-2H3. The van der Waals surface area contributed by atoms with Gasteiger partial charge >= 0.3 is 5.97 Å². The second-order valence-electron chi connectivity index (χ2n) is 5.76. The van der Waals surface area contributed by atoms with Gasteiger partial charge in [-0.2, -0.15) is 0 Å². The zero-order valence-corrected chi connectivity index (χ0v) is 15.0. The molecule has 2 aromatic rings. The normalized spacial score (nSPS) is 11.1. The third-order valence-electron chi connectivity index (χ3n) is 3.87. The van der Waals surface area contributed by atoms with Crippen LogP contribution < -0.4 is 0 Å². The van der Waals surface area contributed by atoms with Crippen molar-refractivity contribution in [3.05, 3.63) is 65.2 Å². The predicted molar refractivity (Wildman–Crippen MR) is 94.3 cm³/mol. The fourth-order valence-corrected chi connectivity index (χ4v) is 3.47. The molecule has 2 aromatic carbocycles. The van der Waals surface area contributed by atoms with Crippen molar-refractivity contribution < 1.29 is 22.7 Å². The number of carbonyl (C=O) groups is 2. The summed E-state index contributed by atoms with van der Waals surface area (Å²) in [4.78, 5) is 23.8. The molecule has 0 fully saturated rings. The number of carbonyl (C=O) groups excluding carboxylic acids is 2. The van der Waals surface area contributed by atoms with Crippen LogP contribution in [0.1, 0.15) is 27.9 Å². The molecule has 0 spiro atoms. The van der Waals surface area contributed by atoms with Crippen molar-refractivity contribution in [2.24, 2.45) is 0 Å². The molecule has 0 atom stereocenters. The fraction of sp³-hybridized carbons (Fsp3) is 0.263. The summed E-state index contributed by atoms with van der Waals surface area (Å²) in [7, 11) is -3.57. The lowest BCUT2D eigenvalue weighted by Crippen LogP contribution is -2.17. The van der Waals surface area contributed by atoms with Crippen LogP contribution in [-0.2, 0) is 19.4 Å². The van der Waals surface area contributed by atoms with E-state index in [0.717, 1.165) is 11.1 Å². The molecule has 0 saturated heterocycles. The predicted octanol–water partition coefficient (Wildman–Crippen LogP) is 2.89. The van der Waals surface area contributed by atoms with Crippen LogP contribution in [0, 0.1) is 13.8 Å². The maximum Gasteiger partial charge on any atom is 0.307 e. The van der Waals surface area contributed by atoms with Gasteiger partial charge in [0.1, 0.15) is 0 Å². The molecule has 25 heavy (non-hydrogen) atoms. The van der Waals surface area contributed by atoms with Crippen molar-refractivity contribution >= 4 is 21.6 Å². The number of Topliss-reactive ketones (excluding diaryl/α,β-unsaturated/α-hetero) is 1. The number of rotatable bonds is 7. The number of sulfone groups is 1. The number of esters is 1. The van der Waals surface area contributed by atoms with Crippen LogP contribution in [0.3, 0.4) is 0 Å². The Morgan fingerprint density at radius 2 is 1.64 bits per heavy atom. The summed E-state index contributed by atoms with van der Waals surface area (Å²) in [6.45, 7) is 3.33. The molecular formula is C19H20O5S.